The lowest BCUT2D eigenvalue weighted by atomic mass is 10.3. The molecule has 0 fully saturated rings. The Hall–Kier alpha value is -0.670. The second-order valence-electron chi connectivity index (χ2n) is 1.46. The summed E-state index contributed by atoms with van der Waals surface area (Å²) in [4.78, 5) is 13.0. The maximum atomic E-state index is 10.3. The molecule has 0 aromatic carbocycles. The third-order valence-electron chi connectivity index (χ3n) is 0.882. The zero-order valence-electron chi connectivity index (χ0n) is 5.03. The van der Waals surface area contributed by atoms with Crippen molar-refractivity contribution in [2.75, 3.05) is 0 Å². The smallest absolute Gasteiger partial charge is 0.250 e. The molecular weight excluding hydrogens is 175 g/mol. The maximum absolute atomic E-state index is 10.3. The number of amides is 1. The zero-order chi connectivity index (χ0) is 5.98. The SMILES string of the molecule is Cl.Cl.NC(=O)c1cc[nH]c1. The van der Waals surface area contributed by atoms with Gasteiger partial charge in [-0.1, -0.05) is 0 Å². The fraction of sp³-hybridized carbons (Fsp3) is 0. The monoisotopic (exact) mass is 182 g/mol. The van der Waals surface area contributed by atoms with Crippen molar-refractivity contribution in [2.24, 2.45) is 5.73 Å². The molecule has 1 rings (SSSR count). The first kappa shape index (κ1) is 12.0. The molecule has 1 heterocycles. The van der Waals surface area contributed by atoms with E-state index in [1.807, 2.05) is 0 Å². The van der Waals surface area contributed by atoms with Gasteiger partial charge >= 0.3 is 0 Å². The summed E-state index contributed by atoms with van der Waals surface area (Å²) in [7, 11) is 0. The molecule has 0 saturated carbocycles. The first-order valence-electron chi connectivity index (χ1n) is 2.23. The van der Waals surface area contributed by atoms with E-state index >= 15 is 0 Å². The van der Waals surface area contributed by atoms with Crippen LogP contribution in [0.4, 0.5) is 0 Å². The number of rotatable bonds is 1. The van der Waals surface area contributed by atoms with Crippen LogP contribution in [-0.4, -0.2) is 10.9 Å². The van der Waals surface area contributed by atoms with Crippen LogP contribution in [0.5, 0.6) is 0 Å². The highest BCUT2D eigenvalue weighted by molar-refractivity contribution is 5.92. The molecule has 58 valence electrons. The van der Waals surface area contributed by atoms with E-state index in [9.17, 15) is 4.79 Å². The van der Waals surface area contributed by atoms with E-state index < -0.39 is 5.91 Å². The predicted octanol–water partition coefficient (Wildman–Crippen LogP) is 0.957. The molecule has 3 nitrogen and oxygen atoms in total. The highest BCUT2D eigenvalue weighted by atomic mass is 35.5. The maximum Gasteiger partial charge on any atom is 0.250 e. The predicted molar refractivity (Wildman–Crippen MR) is 43.8 cm³/mol. The van der Waals surface area contributed by atoms with E-state index in [0.717, 1.165) is 0 Å². The average molecular weight is 183 g/mol. The molecular formula is C5H8Cl2N2O. The average Bonchev–Trinajstić information content (AvgIpc) is 2.12. The van der Waals surface area contributed by atoms with Crippen molar-refractivity contribution in [3.63, 3.8) is 0 Å². The molecule has 0 aliphatic carbocycles. The van der Waals surface area contributed by atoms with Crippen LogP contribution >= 0.6 is 24.8 Å². The van der Waals surface area contributed by atoms with Gasteiger partial charge in [-0.15, -0.1) is 24.8 Å². The van der Waals surface area contributed by atoms with Gasteiger partial charge in [0.05, 0.1) is 5.56 Å². The molecule has 0 saturated heterocycles. The van der Waals surface area contributed by atoms with E-state index in [2.05, 4.69) is 4.98 Å². The molecule has 10 heavy (non-hydrogen) atoms. The lowest BCUT2D eigenvalue weighted by molar-refractivity contribution is 0.100. The van der Waals surface area contributed by atoms with E-state index in [4.69, 9.17) is 5.73 Å². The number of nitrogens with two attached hydrogens (primary N) is 1. The third-order valence-corrected chi connectivity index (χ3v) is 0.882. The Morgan fingerprint density at radius 1 is 1.50 bits per heavy atom. The van der Waals surface area contributed by atoms with Crippen LogP contribution in [0.1, 0.15) is 10.4 Å². The summed E-state index contributed by atoms with van der Waals surface area (Å²) in [5.41, 5.74) is 5.42. The van der Waals surface area contributed by atoms with Gasteiger partial charge in [-0.2, -0.15) is 0 Å². The van der Waals surface area contributed by atoms with E-state index in [-0.39, 0.29) is 24.8 Å². The van der Waals surface area contributed by atoms with Crippen molar-refractivity contribution in [3.8, 4) is 0 Å². The number of halogens is 2. The molecule has 3 N–H and O–H groups in total. The topological polar surface area (TPSA) is 58.9 Å². The second-order valence-corrected chi connectivity index (χ2v) is 1.46. The molecule has 0 bridgehead atoms. The molecule has 1 aromatic rings. The standard InChI is InChI=1S/C5H6N2O.2ClH/c6-5(8)4-1-2-7-3-4;;/h1-3,7H,(H2,6,8);2*1H. The number of hydrogen-bond donors (Lipinski definition) is 2. The number of carbonyl (C=O) groups is 1. The minimum atomic E-state index is -0.397. The van der Waals surface area contributed by atoms with Crippen LogP contribution in [0.15, 0.2) is 18.5 Å². The first-order valence-corrected chi connectivity index (χ1v) is 2.23. The number of nitrogens with one attached hydrogen (secondary N) is 1. The van der Waals surface area contributed by atoms with Gasteiger partial charge in [0.15, 0.2) is 0 Å². The largest absolute Gasteiger partial charge is 0.367 e. The lowest BCUT2D eigenvalue weighted by Crippen LogP contribution is -2.08. The third kappa shape index (κ3) is 2.75. The van der Waals surface area contributed by atoms with Gasteiger partial charge in [-0.25, -0.2) is 0 Å². The van der Waals surface area contributed by atoms with E-state index in [1.54, 1.807) is 18.5 Å². The Bertz CT molecular complexity index is 186. The second kappa shape index (κ2) is 5.14. The Kier molecular flexibility index (Phi) is 6.20. The van der Waals surface area contributed by atoms with Crippen LogP contribution in [0.25, 0.3) is 0 Å². The van der Waals surface area contributed by atoms with Crippen LogP contribution in [-0.2, 0) is 0 Å². The fourth-order valence-corrected chi connectivity index (χ4v) is 0.477. The molecule has 0 unspecified atom stereocenters. The Morgan fingerprint density at radius 2 is 2.10 bits per heavy atom. The Balaban J connectivity index is 0. The molecule has 1 aromatic heterocycles. The summed E-state index contributed by atoms with van der Waals surface area (Å²) in [5, 5.41) is 0. The summed E-state index contributed by atoms with van der Waals surface area (Å²) >= 11 is 0. The summed E-state index contributed by atoms with van der Waals surface area (Å²) in [6.07, 6.45) is 3.21. The number of carbonyl (C=O) groups excluding carboxylic acids is 1. The highest BCUT2D eigenvalue weighted by Gasteiger charge is 1.95. The summed E-state index contributed by atoms with van der Waals surface area (Å²) in [5.74, 6) is -0.397. The molecule has 1 amide bonds. The minimum absolute atomic E-state index is 0. The zero-order valence-corrected chi connectivity index (χ0v) is 6.67. The summed E-state index contributed by atoms with van der Waals surface area (Å²) in [6.45, 7) is 0. The molecule has 0 aliphatic rings. The minimum Gasteiger partial charge on any atom is -0.367 e. The van der Waals surface area contributed by atoms with Crippen molar-refractivity contribution in [1.82, 2.24) is 4.98 Å². The van der Waals surface area contributed by atoms with Gasteiger partial charge < -0.3 is 10.7 Å². The molecule has 5 heteroatoms. The first-order chi connectivity index (χ1) is 3.80. The lowest BCUT2D eigenvalue weighted by Gasteiger charge is -1.80. The number of H-pyrrole nitrogens is 1. The van der Waals surface area contributed by atoms with Crippen LogP contribution < -0.4 is 5.73 Å². The van der Waals surface area contributed by atoms with Crippen molar-refractivity contribution in [1.29, 1.82) is 0 Å². The highest BCUT2D eigenvalue weighted by Crippen LogP contribution is 1.91. The van der Waals surface area contributed by atoms with Crippen LogP contribution in [0.2, 0.25) is 0 Å². The quantitative estimate of drug-likeness (QED) is 0.669. The van der Waals surface area contributed by atoms with Crippen molar-refractivity contribution < 1.29 is 4.79 Å². The van der Waals surface area contributed by atoms with Crippen molar-refractivity contribution in [3.05, 3.63) is 24.0 Å². The molecule has 0 spiro atoms. The normalized spacial score (nSPS) is 7.20. The van der Waals surface area contributed by atoms with Crippen LogP contribution in [0, 0.1) is 0 Å². The number of hydrogen-bond acceptors (Lipinski definition) is 1. The molecule has 0 aliphatic heterocycles. The number of aromatic amines is 1. The van der Waals surface area contributed by atoms with Gasteiger partial charge in [0.2, 0.25) is 5.91 Å². The molecule has 0 atom stereocenters. The number of primary amides is 1. The number of aromatic nitrogens is 1. The van der Waals surface area contributed by atoms with Crippen LogP contribution in [0.3, 0.4) is 0 Å². The fourth-order valence-electron chi connectivity index (χ4n) is 0.477. The van der Waals surface area contributed by atoms with E-state index in [1.165, 1.54) is 0 Å². The summed E-state index contributed by atoms with van der Waals surface area (Å²) < 4.78 is 0. The summed E-state index contributed by atoms with van der Waals surface area (Å²) in [6, 6.07) is 1.63. The van der Waals surface area contributed by atoms with Gasteiger partial charge in [-0.3, -0.25) is 4.79 Å². The van der Waals surface area contributed by atoms with Gasteiger partial charge in [0.25, 0.3) is 0 Å². The Labute approximate surface area is 70.8 Å². The van der Waals surface area contributed by atoms with Gasteiger partial charge in [0, 0.05) is 12.4 Å². The van der Waals surface area contributed by atoms with Crippen molar-refractivity contribution >= 4 is 30.7 Å². The molecule has 0 radical (unpaired) electrons. The Morgan fingerprint density at radius 3 is 2.30 bits per heavy atom. The van der Waals surface area contributed by atoms with Crippen molar-refractivity contribution in [2.45, 2.75) is 0 Å². The van der Waals surface area contributed by atoms with Gasteiger partial charge in [0.1, 0.15) is 0 Å². The van der Waals surface area contributed by atoms with E-state index in [0.29, 0.717) is 5.56 Å². The van der Waals surface area contributed by atoms with Gasteiger partial charge in [-0.05, 0) is 6.07 Å².